The number of benzene rings is 2. The number of ether oxygens (including phenoxy) is 2. The molecule has 2 aromatic carbocycles. The van der Waals surface area contributed by atoms with Gasteiger partial charge in [0.15, 0.2) is 11.5 Å². The summed E-state index contributed by atoms with van der Waals surface area (Å²) in [5, 5.41) is 9.60. The van der Waals surface area contributed by atoms with Gasteiger partial charge in [-0.3, -0.25) is 9.59 Å². The molecule has 1 saturated heterocycles. The smallest absolute Gasteiger partial charge is 0.308 e. The highest BCUT2D eigenvalue weighted by Crippen LogP contribution is 2.37. The summed E-state index contributed by atoms with van der Waals surface area (Å²) in [6.45, 7) is 0.174. The van der Waals surface area contributed by atoms with Crippen LogP contribution in [-0.2, 0) is 4.79 Å². The number of nitrogens with zero attached hydrogens (tertiary/aromatic N) is 1. The van der Waals surface area contributed by atoms with Crippen molar-refractivity contribution in [3.05, 3.63) is 59.4 Å². The van der Waals surface area contributed by atoms with Crippen LogP contribution in [0.1, 0.15) is 21.8 Å². The normalized spacial score (nSPS) is 19.0. The number of rotatable bonds is 5. The molecule has 7 heteroatoms. The molecule has 1 N–H and O–H groups in total. The SMILES string of the molecule is COc1ccc(F)c(C(=O)N2C[C@H](C(=O)O)[C@H](c3ccccc3)C2)c1OC. The predicted molar refractivity (Wildman–Crippen MR) is 95.7 cm³/mol. The summed E-state index contributed by atoms with van der Waals surface area (Å²) in [5.74, 6) is -3.26. The molecule has 2 atom stereocenters. The van der Waals surface area contributed by atoms with E-state index in [1.54, 1.807) is 0 Å². The van der Waals surface area contributed by atoms with Gasteiger partial charge in [-0.1, -0.05) is 30.3 Å². The van der Waals surface area contributed by atoms with Crippen LogP contribution >= 0.6 is 0 Å². The van der Waals surface area contributed by atoms with E-state index in [2.05, 4.69) is 0 Å². The second-order valence-electron chi connectivity index (χ2n) is 6.33. The van der Waals surface area contributed by atoms with Crippen LogP contribution in [0.2, 0.25) is 0 Å². The Balaban J connectivity index is 1.96. The molecule has 0 radical (unpaired) electrons. The molecule has 1 aliphatic heterocycles. The minimum atomic E-state index is -0.989. The van der Waals surface area contributed by atoms with Gasteiger partial charge in [-0.2, -0.15) is 0 Å². The second-order valence-corrected chi connectivity index (χ2v) is 6.33. The van der Waals surface area contributed by atoms with Gasteiger partial charge >= 0.3 is 5.97 Å². The fraction of sp³-hybridized carbons (Fsp3) is 0.300. The maximum absolute atomic E-state index is 14.4. The number of hydrogen-bond acceptors (Lipinski definition) is 4. The van der Waals surface area contributed by atoms with E-state index in [0.29, 0.717) is 0 Å². The van der Waals surface area contributed by atoms with Crippen molar-refractivity contribution in [1.29, 1.82) is 0 Å². The number of carbonyl (C=O) groups excluding carboxylic acids is 1. The van der Waals surface area contributed by atoms with Gasteiger partial charge in [-0.25, -0.2) is 4.39 Å². The van der Waals surface area contributed by atoms with Crippen molar-refractivity contribution in [2.75, 3.05) is 27.3 Å². The van der Waals surface area contributed by atoms with Crippen molar-refractivity contribution < 1.29 is 28.6 Å². The predicted octanol–water partition coefficient (Wildman–Crippen LogP) is 2.78. The number of halogens is 1. The molecule has 0 spiro atoms. The lowest BCUT2D eigenvalue weighted by Gasteiger charge is -2.19. The zero-order valence-electron chi connectivity index (χ0n) is 15.0. The van der Waals surface area contributed by atoms with E-state index < -0.39 is 23.6 Å². The van der Waals surface area contributed by atoms with E-state index in [1.807, 2.05) is 30.3 Å². The first-order valence-electron chi connectivity index (χ1n) is 8.45. The van der Waals surface area contributed by atoms with Gasteiger partial charge in [0.2, 0.25) is 0 Å². The van der Waals surface area contributed by atoms with Crippen molar-refractivity contribution in [3.63, 3.8) is 0 Å². The Bertz CT molecular complexity index is 855. The Kier molecular flexibility index (Phi) is 5.30. The molecular formula is C20H20FNO5. The van der Waals surface area contributed by atoms with E-state index in [1.165, 1.54) is 25.2 Å². The van der Waals surface area contributed by atoms with Gasteiger partial charge in [0, 0.05) is 19.0 Å². The number of amides is 1. The van der Waals surface area contributed by atoms with E-state index in [-0.39, 0.29) is 36.1 Å². The Morgan fingerprint density at radius 3 is 2.37 bits per heavy atom. The number of aliphatic carboxylic acids is 1. The standard InChI is InChI=1S/C20H20FNO5/c1-26-16-9-8-15(21)17(18(16)27-2)19(23)22-10-13(14(11-22)20(24)25)12-6-4-3-5-7-12/h3-9,13-14H,10-11H2,1-2H3,(H,24,25)/t13-,14-/m0/s1. The lowest BCUT2D eigenvalue weighted by atomic mass is 9.89. The second kappa shape index (κ2) is 7.65. The quantitative estimate of drug-likeness (QED) is 0.872. The molecule has 0 saturated carbocycles. The Labute approximate surface area is 156 Å². The van der Waals surface area contributed by atoms with Crippen LogP contribution in [0.3, 0.4) is 0 Å². The molecule has 0 aliphatic carbocycles. The van der Waals surface area contributed by atoms with Crippen LogP contribution in [0.5, 0.6) is 11.5 Å². The number of methoxy groups -OCH3 is 2. The molecule has 2 aromatic rings. The zero-order chi connectivity index (χ0) is 19.6. The molecule has 6 nitrogen and oxygen atoms in total. The van der Waals surface area contributed by atoms with Crippen molar-refractivity contribution in [2.45, 2.75) is 5.92 Å². The Morgan fingerprint density at radius 2 is 1.78 bits per heavy atom. The number of hydrogen-bond donors (Lipinski definition) is 1. The van der Waals surface area contributed by atoms with E-state index in [4.69, 9.17) is 9.47 Å². The van der Waals surface area contributed by atoms with Gasteiger partial charge in [0.05, 0.1) is 20.1 Å². The summed E-state index contributed by atoms with van der Waals surface area (Å²) in [6, 6.07) is 11.7. The summed E-state index contributed by atoms with van der Waals surface area (Å²) < 4.78 is 24.8. The molecule has 1 fully saturated rings. The van der Waals surface area contributed by atoms with E-state index in [0.717, 1.165) is 11.6 Å². The minimum absolute atomic E-state index is 0.00228. The third-order valence-electron chi connectivity index (χ3n) is 4.86. The average molecular weight is 373 g/mol. The van der Waals surface area contributed by atoms with Crippen LogP contribution in [0.4, 0.5) is 4.39 Å². The third-order valence-corrected chi connectivity index (χ3v) is 4.86. The lowest BCUT2D eigenvalue weighted by molar-refractivity contribution is -0.141. The van der Waals surface area contributed by atoms with E-state index >= 15 is 0 Å². The van der Waals surface area contributed by atoms with Crippen LogP contribution in [0.25, 0.3) is 0 Å². The van der Waals surface area contributed by atoms with Crippen molar-refractivity contribution in [3.8, 4) is 11.5 Å². The molecule has 0 unspecified atom stereocenters. The highest BCUT2D eigenvalue weighted by atomic mass is 19.1. The molecule has 27 heavy (non-hydrogen) atoms. The van der Waals surface area contributed by atoms with E-state index in [9.17, 15) is 19.1 Å². The Hall–Kier alpha value is -3.09. The van der Waals surface area contributed by atoms with Gasteiger partial charge in [0.25, 0.3) is 5.91 Å². The number of carboxylic acid groups (broad SMARTS) is 1. The summed E-state index contributed by atoms with van der Waals surface area (Å²) in [6.07, 6.45) is 0. The third kappa shape index (κ3) is 3.45. The number of carboxylic acids is 1. The van der Waals surface area contributed by atoms with Gasteiger partial charge in [-0.15, -0.1) is 0 Å². The van der Waals surface area contributed by atoms with Crippen molar-refractivity contribution in [2.24, 2.45) is 5.92 Å². The highest BCUT2D eigenvalue weighted by molar-refractivity contribution is 5.98. The van der Waals surface area contributed by atoms with Gasteiger partial charge in [-0.05, 0) is 17.7 Å². The molecule has 0 bridgehead atoms. The minimum Gasteiger partial charge on any atom is -0.493 e. The Morgan fingerprint density at radius 1 is 1.07 bits per heavy atom. The first kappa shape index (κ1) is 18.7. The van der Waals surface area contributed by atoms with Crippen LogP contribution in [0, 0.1) is 11.7 Å². The van der Waals surface area contributed by atoms with Crippen LogP contribution in [-0.4, -0.2) is 49.2 Å². The molecular weight excluding hydrogens is 353 g/mol. The van der Waals surface area contributed by atoms with Gasteiger partial charge in [0.1, 0.15) is 11.4 Å². The first-order chi connectivity index (χ1) is 13.0. The van der Waals surface area contributed by atoms with Crippen LogP contribution in [0.15, 0.2) is 42.5 Å². The van der Waals surface area contributed by atoms with Gasteiger partial charge < -0.3 is 19.5 Å². The number of carbonyl (C=O) groups is 2. The largest absolute Gasteiger partial charge is 0.493 e. The summed E-state index contributed by atoms with van der Waals surface area (Å²) in [4.78, 5) is 26.1. The van der Waals surface area contributed by atoms with Crippen LogP contribution < -0.4 is 9.47 Å². The molecule has 3 rings (SSSR count). The maximum Gasteiger partial charge on any atom is 0.308 e. The molecule has 142 valence electrons. The summed E-state index contributed by atoms with van der Waals surface area (Å²) in [7, 11) is 2.72. The molecule has 1 aliphatic rings. The topological polar surface area (TPSA) is 76.1 Å². The summed E-state index contributed by atoms with van der Waals surface area (Å²) >= 11 is 0. The first-order valence-corrected chi connectivity index (χ1v) is 8.45. The summed E-state index contributed by atoms with van der Waals surface area (Å²) in [5.41, 5.74) is 0.577. The monoisotopic (exact) mass is 373 g/mol. The fourth-order valence-electron chi connectivity index (χ4n) is 3.52. The molecule has 1 heterocycles. The van der Waals surface area contributed by atoms with Crippen molar-refractivity contribution >= 4 is 11.9 Å². The number of likely N-dealkylation sites (tertiary alicyclic amines) is 1. The molecule has 0 aromatic heterocycles. The average Bonchev–Trinajstić information content (AvgIpc) is 3.13. The zero-order valence-corrected chi connectivity index (χ0v) is 15.0. The highest BCUT2D eigenvalue weighted by Gasteiger charge is 2.41. The van der Waals surface area contributed by atoms with Crippen molar-refractivity contribution in [1.82, 2.24) is 4.90 Å². The maximum atomic E-state index is 14.4. The molecule has 1 amide bonds. The lowest BCUT2D eigenvalue weighted by Crippen LogP contribution is -2.31. The fourth-order valence-corrected chi connectivity index (χ4v) is 3.52.